The molecule has 2 heterocycles. The van der Waals surface area contributed by atoms with Gasteiger partial charge in [-0.1, -0.05) is 73.7 Å². The maximum atomic E-state index is 11.9. The van der Waals surface area contributed by atoms with Crippen LogP contribution in [0.1, 0.15) is 60.8 Å². The smallest absolute Gasteiger partial charge is 0.303 e. The van der Waals surface area contributed by atoms with Gasteiger partial charge in [0.15, 0.2) is 6.29 Å². The van der Waals surface area contributed by atoms with Crippen molar-refractivity contribution in [1.29, 1.82) is 0 Å². The van der Waals surface area contributed by atoms with Crippen LogP contribution in [0, 0.1) is 5.92 Å². The Morgan fingerprint density at radius 3 is 2.35 bits per heavy atom. The summed E-state index contributed by atoms with van der Waals surface area (Å²) in [6.45, 7) is 4.65. The van der Waals surface area contributed by atoms with E-state index in [1.807, 2.05) is 72.8 Å². The number of nitrogens with one attached hydrogen (secondary N) is 1. The summed E-state index contributed by atoms with van der Waals surface area (Å²) in [5.74, 6) is -1.21. The van der Waals surface area contributed by atoms with E-state index in [0.29, 0.717) is 19.6 Å². The summed E-state index contributed by atoms with van der Waals surface area (Å²) in [7, 11) is 0. The van der Waals surface area contributed by atoms with E-state index in [1.165, 1.54) is 0 Å². The third kappa shape index (κ3) is 8.07. The number of carboxylic acids is 1. The number of rotatable bonds is 11. The third-order valence-corrected chi connectivity index (χ3v) is 8.31. The molecule has 0 spiro atoms. The first-order valence-electron chi connectivity index (χ1n) is 14.9. The molecule has 0 radical (unpaired) electrons. The van der Waals surface area contributed by atoms with Crippen LogP contribution >= 0.6 is 0 Å². The van der Waals surface area contributed by atoms with Crippen LogP contribution in [0.15, 0.2) is 72.8 Å². The average molecular weight is 589 g/mol. The van der Waals surface area contributed by atoms with Gasteiger partial charge >= 0.3 is 5.97 Å². The van der Waals surface area contributed by atoms with Crippen molar-refractivity contribution < 1.29 is 34.4 Å². The van der Waals surface area contributed by atoms with E-state index in [4.69, 9.17) is 14.6 Å². The monoisotopic (exact) mass is 588 g/mol. The van der Waals surface area contributed by atoms with E-state index < -0.39 is 12.3 Å². The van der Waals surface area contributed by atoms with E-state index in [-0.39, 0.29) is 49.6 Å². The predicted molar refractivity (Wildman–Crippen MR) is 161 cm³/mol. The number of carboxylic acid groups (broad SMARTS) is 1. The Balaban J connectivity index is 1.30. The summed E-state index contributed by atoms with van der Waals surface area (Å²) >= 11 is 0. The van der Waals surface area contributed by atoms with Crippen molar-refractivity contribution >= 4 is 11.9 Å². The van der Waals surface area contributed by atoms with Crippen LogP contribution in [0.5, 0.6) is 0 Å². The number of aliphatic hydroxyl groups excluding tert-OH is 2. The normalized spacial score (nSPS) is 24.1. The van der Waals surface area contributed by atoms with E-state index in [1.54, 1.807) is 0 Å². The number of hydrogen-bond donors (Lipinski definition) is 4. The molecule has 2 aliphatic heterocycles. The molecule has 2 aliphatic rings. The molecule has 3 aromatic rings. The number of carbonyl (C=O) groups is 2. The third-order valence-electron chi connectivity index (χ3n) is 8.31. The molecule has 3 aromatic carbocycles. The van der Waals surface area contributed by atoms with Crippen molar-refractivity contribution in [2.75, 3.05) is 19.6 Å². The second kappa shape index (κ2) is 14.2. The Labute approximate surface area is 252 Å². The lowest BCUT2D eigenvalue weighted by Crippen LogP contribution is -2.44. The summed E-state index contributed by atoms with van der Waals surface area (Å²) in [4.78, 5) is 24.9. The van der Waals surface area contributed by atoms with E-state index >= 15 is 0 Å². The Hall–Kier alpha value is -3.60. The first kappa shape index (κ1) is 30.8. The SMILES string of the molecule is CC1C(CN2CCC(O)C2)OC(c2ccc(-c3cccc(CNC(=O)CCC(=O)O)c3)cc2)OC1c1ccc(CO)cc1. The number of ether oxygens (including phenoxy) is 2. The highest BCUT2D eigenvalue weighted by Crippen LogP contribution is 2.42. The molecule has 0 saturated carbocycles. The van der Waals surface area contributed by atoms with Crippen LogP contribution < -0.4 is 5.32 Å². The van der Waals surface area contributed by atoms with Gasteiger partial charge in [-0.25, -0.2) is 0 Å². The summed E-state index contributed by atoms with van der Waals surface area (Å²) in [6, 6.07) is 23.8. The number of β-amino-alcohol motifs (C(OH)–C–C–N with tert-alkyl or cyclic N) is 1. The van der Waals surface area contributed by atoms with Crippen molar-refractivity contribution in [1.82, 2.24) is 10.2 Å². The minimum Gasteiger partial charge on any atom is -0.481 e. The number of likely N-dealkylation sites (tertiary alicyclic amines) is 1. The fourth-order valence-corrected chi connectivity index (χ4v) is 5.76. The van der Waals surface area contributed by atoms with Gasteiger partial charge in [0, 0.05) is 44.1 Å². The highest BCUT2D eigenvalue weighted by molar-refractivity contribution is 5.80. The maximum absolute atomic E-state index is 11.9. The Bertz CT molecular complexity index is 1380. The van der Waals surface area contributed by atoms with Gasteiger partial charge in [0.1, 0.15) is 0 Å². The minimum absolute atomic E-state index is 0.0102. The molecule has 2 saturated heterocycles. The number of carbonyl (C=O) groups excluding carboxylic acids is 1. The molecule has 5 atom stereocenters. The van der Waals surface area contributed by atoms with Crippen LogP contribution in [0.2, 0.25) is 0 Å². The summed E-state index contributed by atoms with van der Waals surface area (Å²) in [6.07, 6.45) is -0.641. The molecular formula is C34H40N2O7. The van der Waals surface area contributed by atoms with Crippen molar-refractivity contribution in [2.45, 2.75) is 63.9 Å². The Morgan fingerprint density at radius 2 is 1.67 bits per heavy atom. The molecule has 9 heteroatoms. The van der Waals surface area contributed by atoms with Crippen molar-refractivity contribution in [3.63, 3.8) is 0 Å². The van der Waals surface area contributed by atoms with Crippen LogP contribution in [-0.2, 0) is 32.2 Å². The molecule has 0 aliphatic carbocycles. The summed E-state index contributed by atoms with van der Waals surface area (Å²) in [5, 5.41) is 31.1. The molecule has 0 aromatic heterocycles. The summed E-state index contributed by atoms with van der Waals surface area (Å²) < 4.78 is 13.2. The number of aliphatic hydroxyl groups is 2. The number of aliphatic carboxylic acids is 1. The number of hydrogen-bond acceptors (Lipinski definition) is 7. The van der Waals surface area contributed by atoms with Gasteiger partial charge < -0.3 is 30.1 Å². The van der Waals surface area contributed by atoms with Crippen molar-refractivity contribution in [2.24, 2.45) is 5.92 Å². The minimum atomic E-state index is -0.992. The van der Waals surface area contributed by atoms with Gasteiger partial charge in [-0.15, -0.1) is 0 Å². The number of nitrogens with zero attached hydrogens (tertiary/aromatic N) is 1. The standard InChI is InChI=1S/C34H40N2O7/c1-22-30(20-36-16-15-29(38)19-36)42-34(43-33(22)26-7-5-23(21-37)6-8-26)27-11-9-25(10-12-27)28-4-2-3-24(17-28)18-35-31(39)13-14-32(40)41/h2-12,17,22,29-30,33-34,37-38H,13-16,18-21H2,1H3,(H,35,39)(H,40,41). The van der Waals surface area contributed by atoms with E-state index in [9.17, 15) is 19.8 Å². The second-order valence-electron chi connectivity index (χ2n) is 11.5. The zero-order valence-corrected chi connectivity index (χ0v) is 24.4. The molecule has 5 unspecified atom stereocenters. The van der Waals surface area contributed by atoms with Gasteiger partial charge in [-0.05, 0) is 40.3 Å². The topological polar surface area (TPSA) is 129 Å². The zero-order chi connectivity index (χ0) is 30.3. The largest absolute Gasteiger partial charge is 0.481 e. The quantitative estimate of drug-likeness (QED) is 0.263. The van der Waals surface area contributed by atoms with Crippen molar-refractivity contribution in [3.05, 3.63) is 95.1 Å². The van der Waals surface area contributed by atoms with Crippen LogP contribution in [0.3, 0.4) is 0 Å². The lowest BCUT2D eigenvalue weighted by molar-refractivity contribution is -0.276. The lowest BCUT2D eigenvalue weighted by Gasteiger charge is -2.42. The Morgan fingerprint density at radius 1 is 0.930 bits per heavy atom. The van der Waals surface area contributed by atoms with Gasteiger partial charge in [-0.3, -0.25) is 14.5 Å². The first-order chi connectivity index (χ1) is 20.8. The van der Waals surface area contributed by atoms with Crippen molar-refractivity contribution in [3.8, 4) is 11.1 Å². The van der Waals surface area contributed by atoms with Gasteiger partial charge in [0.05, 0.1) is 31.3 Å². The molecule has 5 rings (SSSR count). The highest BCUT2D eigenvalue weighted by atomic mass is 16.7. The molecule has 0 bridgehead atoms. The molecule has 1 amide bonds. The second-order valence-corrected chi connectivity index (χ2v) is 11.5. The molecule has 2 fully saturated rings. The molecule has 9 nitrogen and oxygen atoms in total. The molecular weight excluding hydrogens is 548 g/mol. The summed E-state index contributed by atoms with van der Waals surface area (Å²) in [5.41, 5.74) is 5.71. The number of amides is 1. The van der Waals surface area contributed by atoms with E-state index in [2.05, 4.69) is 17.1 Å². The highest BCUT2D eigenvalue weighted by Gasteiger charge is 2.39. The van der Waals surface area contributed by atoms with Gasteiger partial charge in [0.25, 0.3) is 0 Å². The Kier molecular flexibility index (Phi) is 10.2. The van der Waals surface area contributed by atoms with Crippen LogP contribution in [0.25, 0.3) is 11.1 Å². The van der Waals surface area contributed by atoms with Gasteiger partial charge in [0.2, 0.25) is 5.91 Å². The van der Waals surface area contributed by atoms with Crippen LogP contribution in [0.4, 0.5) is 0 Å². The first-order valence-corrected chi connectivity index (χ1v) is 14.9. The molecule has 228 valence electrons. The molecule has 4 N–H and O–H groups in total. The maximum Gasteiger partial charge on any atom is 0.303 e. The lowest BCUT2D eigenvalue weighted by atomic mass is 9.90. The zero-order valence-electron chi connectivity index (χ0n) is 24.4. The van der Waals surface area contributed by atoms with Gasteiger partial charge in [-0.2, -0.15) is 0 Å². The fraction of sp³-hybridized carbons (Fsp3) is 0.412. The van der Waals surface area contributed by atoms with E-state index in [0.717, 1.165) is 46.3 Å². The number of benzene rings is 3. The average Bonchev–Trinajstić information content (AvgIpc) is 3.44. The predicted octanol–water partition coefficient (Wildman–Crippen LogP) is 4.18. The fourth-order valence-electron chi connectivity index (χ4n) is 5.76. The van der Waals surface area contributed by atoms with Crippen LogP contribution in [-0.4, -0.2) is 63.9 Å². The molecule has 43 heavy (non-hydrogen) atoms.